The largest absolute Gasteiger partial charge is 0.477 e. The van der Waals surface area contributed by atoms with Crippen molar-refractivity contribution in [2.24, 2.45) is 0 Å². The first-order chi connectivity index (χ1) is 9.16. The van der Waals surface area contributed by atoms with E-state index in [1.807, 2.05) is 18.2 Å². The van der Waals surface area contributed by atoms with Gasteiger partial charge in [0.2, 0.25) is 0 Å². The second kappa shape index (κ2) is 4.24. The van der Waals surface area contributed by atoms with Crippen molar-refractivity contribution >= 4 is 16.9 Å². The molecule has 0 radical (unpaired) electrons. The number of halogens is 1. The maximum absolute atomic E-state index is 13.3. The van der Waals surface area contributed by atoms with Crippen molar-refractivity contribution in [3.8, 4) is 11.1 Å². The standard InChI is InChI=1S/C15H10FNO2/c16-10-5-3-4-9(8-10)13-11-6-1-2-7-12(11)17-14(13)15(18)19/h1-8,17H,(H,18,19). The number of aromatic nitrogens is 1. The van der Waals surface area contributed by atoms with Gasteiger partial charge in [-0.3, -0.25) is 0 Å². The molecule has 3 nitrogen and oxygen atoms in total. The number of aromatic amines is 1. The van der Waals surface area contributed by atoms with Crippen LogP contribution in [0.5, 0.6) is 0 Å². The number of hydrogen-bond acceptors (Lipinski definition) is 1. The highest BCUT2D eigenvalue weighted by molar-refractivity contribution is 6.07. The van der Waals surface area contributed by atoms with Gasteiger partial charge >= 0.3 is 5.97 Å². The van der Waals surface area contributed by atoms with Gasteiger partial charge in [-0.2, -0.15) is 0 Å². The molecule has 0 unspecified atom stereocenters. The van der Waals surface area contributed by atoms with Gasteiger partial charge in [0.1, 0.15) is 11.5 Å². The zero-order valence-electron chi connectivity index (χ0n) is 9.85. The van der Waals surface area contributed by atoms with E-state index in [4.69, 9.17) is 0 Å². The van der Waals surface area contributed by atoms with Crippen molar-refractivity contribution in [1.82, 2.24) is 4.98 Å². The summed E-state index contributed by atoms with van der Waals surface area (Å²) in [6.07, 6.45) is 0. The molecule has 0 aliphatic heterocycles. The summed E-state index contributed by atoms with van der Waals surface area (Å²) in [4.78, 5) is 14.2. The molecule has 0 atom stereocenters. The number of nitrogens with one attached hydrogen (secondary N) is 1. The number of benzene rings is 2. The van der Waals surface area contributed by atoms with Crippen LogP contribution in [0.25, 0.3) is 22.0 Å². The molecule has 3 aromatic rings. The summed E-state index contributed by atoms with van der Waals surface area (Å²) in [5.74, 6) is -1.45. The molecular weight excluding hydrogens is 245 g/mol. The fourth-order valence-electron chi connectivity index (χ4n) is 2.25. The van der Waals surface area contributed by atoms with Crippen LogP contribution in [0.4, 0.5) is 4.39 Å². The van der Waals surface area contributed by atoms with E-state index in [9.17, 15) is 14.3 Å². The predicted octanol–water partition coefficient (Wildman–Crippen LogP) is 3.67. The van der Waals surface area contributed by atoms with Gasteiger partial charge in [-0.05, 0) is 23.8 Å². The van der Waals surface area contributed by atoms with Crippen LogP contribution in [0.3, 0.4) is 0 Å². The van der Waals surface area contributed by atoms with Gasteiger partial charge in [0.15, 0.2) is 0 Å². The van der Waals surface area contributed by atoms with Gasteiger partial charge in [0, 0.05) is 16.5 Å². The average Bonchev–Trinajstić information content (AvgIpc) is 2.78. The number of carbonyl (C=O) groups is 1. The number of rotatable bonds is 2. The Morgan fingerprint density at radius 2 is 1.89 bits per heavy atom. The van der Waals surface area contributed by atoms with Gasteiger partial charge < -0.3 is 10.1 Å². The normalized spacial score (nSPS) is 10.8. The van der Waals surface area contributed by atoms with Crippen LogP contribution in [0, 0.1) is 5.82 Å². The molecule has 19 heavy (non-hydrogen) atoms. The summed E-state index contributed by atoms with van der Waals surface area (Å²) in [5, 5.41) is 10.0. The van der Waals surface area contributed by atoms with Crippen LogP contribution in [-0.2, 0) is 0 Å². The van der Waals surface area contributed by atoms with Gasteiger partial charge in [-0.1, -0.05) is 30.3 Å². The summed E-state index contributed by atoms with van der Waals surface area (Å²) in [6, 6.07) is 13.2. The molecule has 2 N–H and O–H groups in total. The second-order valence-corrected chi connectivity index (χ2v) is 4.24. The average molecular weight is 255 g/mol. The maximum atomic E-state index is 13.3. The minimum Gasteiger partial charge on any atom is -0.477 e. The van der Waals surface area contributed by atoms with Crippen LogP contribution < -0.4 is 0 Å². The molecule has 0 saturated carbocycles. The molecule has 0 saturated heterocycles. The maximum Gasteiger partial charge on any atom is 0.352 e. The Hall–Kier alpha value is -2.62. The molecule has 0 spiro atoms. The number of para-hydroxylation sites is 1. The Kier molecular flexibility index (Phi) is 2.56. The van der Waals surface area contributed by atoms with Crippen LogP contribution in [0.2, 0.25) is 0 Å². The topological polar surface area (TPSA) is 53.1 Å². The SMILES string of the molecule is O=C(O)c1[nH]c2ccccc2c1-c1cccc(F)c1. The summed E-state index contributed by atoms with van der Waals surface area (Å²) in [7, 11) is 0. The zero-order chi connectivity index (χ0) is 13.4. The first-order valence-electron chi connectivity index (χ1n) is 5.77. The van der Waals surface area contributed by atoms with Crippen molar-refractivity contribution in [3.05, 3.63) is 60.0 Å². The summed E-state index contributed by atoms with van der Waals surface area (Å²) in [6.45, 7) is 0. The Balaban J connectivity index is 2.38. The first-order valence-corrected chi connectivity index (χ1v) is 5.77. The molecule has 4 heteroatoms. The van der Waals surface area contributed by atoms with Crippen LogP contribution in [0.1, 0.15) is 10.5 Å². The van der Waals surface area contributed by atoms with Crippen molar-refractivity contribution in [2.45, 2.75) is 0 Å². The van der Waals surface area contributed by atoms with E-state index in [1.54, 1.807) is 18.2 Å². The molecule has 2 aromatic carbocycles. The molecule has 0 bridgehead atoms. The summed E-state index contributed by atoms with van der Waals surface area (Å²) < 4.78 is 13.3. The third kappa shape index (κ3) is 1.87. The zero-order valence-corrected chi connectivity index (χ0v) is 9.85. The fourth-order valence-corrected chi connectivity index (χ4v) is 2.25. The highest BCUT2D eigenvalue weighted by Crippen LogP contribution is 2.32. The molecule has 0 fully saturated rings. The molecular formula is C15H10FNO2. The molecule has 3 rings (SSSR count). The van der Waals surface area contributed by atoms with Gasteiger partial charge in [0.05, 0.1) is 0 Å². The second-order valence-electron chi connectivity index (χ2n) is 4.24. The van der Waals surface area contributed by atoms with E-state index in [0.29, 0.717) is 11.1 Å². The Morgan fingerprint density at radius 3 is 2.63 bits per heavy atom. The molecule has 1 heterocycles. The lowest BCUT2D eigenvalue weighted by Gasteiger charge is -2.02. The van der Waals surface area contributed by atoms with Crippen LogP contribution >= 0.6 is 0 Å². The summed E-state index contributed by atoms with van der Waals surface area (Å²) in [5.41, 5.74) is 1.86. The number of aromatic carboxylic acids is 1. The van der Waals surface area contributed by atoms with E-state index in [0.717, 1.165) is 10.9 Å². The highest BCUT2D eigenvalue weighted by atomic mass is 19.1. The molecule has 0 aliphatic carbocycles. The smallest absolute Gasteiger partial charge is 0.352 e. The van der Waals surface area contributed by atoms with E-state index in [-0.39, 0.29) is 11.5 Å². The molecule has 0 amide bonds. The van der Waals surface area contributed by atoms with Crippen molar-refractivity contribution < 1.29 is 14.3 Å². The van der Waals surface area contributed by atoms with E-state index in [1.165, 1.54) is 12.1 Å². The fraction of sp³-hybridized carbons (Fsp3) is 0. The Morgan fingerprint density at radius 1 is 1.11 bits per heavy atom. The lowest BCUT2D eigenvalue weighted by atomic mass is 10.0. The van der Waals surface area contributed by atoms with Crippen molar-refractivity contribution in [2.75, 3.05) is 0 Å². The van der Waals surface area contributed by atoms with E-state index >= 15 is 0 Å². The minimum absolute atomic E-state index is 0.0757. The van der Waals surface area contributed by atoms with Crippen molar-refractivity contribution in [3.63, 3.8) is 0 Å². The third-order valence-corrected chi connectivity index (χ3v) is 3.03. The molecule has 94 valence electrons. The number of carboxylic acid groups (broad SMARTS) is 1. The lowest BCUT2D eigenvalue weighted by molar-refractivity contribution is 0.0692. The van der Waals surface area contributed by atoms with E-state index < -0.39 is 5.97 Å². The van der Waals surface area contributed by atoms with E-state index in [2.05, 4.69) is 4.98 Å². The van der Waals surface area contributed by atoms with Crippen molar-refractivity contribution in [1.29, 1.82) is 0 Å². The third-order valence-electron chi connectivity index (χ3n) is 3.03. The van der Waals surface area contributed by atoms with Crippen LogP contribution in [-0.4, -0.2) is 16.1 Å². The first kappa shape index (κ1) is 11.5. The predicted molar refractivity (Wildman–Crippen MR) is 70.7 cm³/mol. The highest BCUT2D eigenvalue weighted by Gasteiger charge is 2.18. The Labute approximate surface area is 108 Å². The number of hydrogen-bond donors (Lipinski definition) is 2. The van der Waals surface area contributed by atoms with Gasteiger partial charge in [0.25, 0.3) is 0 Å². The number of fused-ring (bicyclic) bond motifs is 1. The van der Waals surface area contributed by atoms with Gasteiger partial charge in [-0.15, -0.1) is 0 Å². The molecule has 0 aliphatic rings. The molecule has 1 aromatic heterocycles. The lowest BCUT2D eigenvalue weighted by Crippen LogP contribution is -1.98. The number of H-pyrrole nitrogens is 1. The minimum atomic E-state index is -1.06. The monoisotopic (exact) mass is 255 g/mol. The number of carboxylic acids is 1. The van der Waals surface area contributed by atoms with Crippen LogP contribution in [0.15, 0.2) is 48.5 Å². The van der Waals surface area contributed by atoms with Gasteiger partial charge in [-0.25, -0.2) is 9.18 Å². The Bertz CT molecular complexity index is 777. The quantitative estimate of drug-likeness (QED) is 0.734. The summed E-state index contributed by atoms with van der Waals surface area (Å²) >= 11 is 0.